The summed E-state index contributed by atoms with van der Waals surface area (Å²) in [6, 6.07) is 5.55. The Hall–Kier alpha value is -1.59. The van der Waals surface area contributed by atoms with Gasteiger partial charge in [0.2, 0.25) is 0 Å². The van der Waals surface area contributed by atoms with E-state index in [2.05, 4.69) is 10.7 Å². The molecule has 2 rings (SSSR count). The molecule has 1 fully saturated rings. The first-order chi connectivity index (χ1) is 9.20. The van der Waals surface area contributed by atoms with Gasteiger partial charge in [0, 0.05) is 13.2 Å². The van der Waals surface area contributed by atoms with E-state index in [-0.39, 0.29) is 5.91 Å². The number of nitrogens with two attached hydrogens (primary N) is 1. The van der Waals surface area contributed by atoms with Gasteiger partial charge in [0.15, 0.2) is 0 Å². The van der Waals surface area contributed by atoms with Crippen molar-refractivity contribution in [1.82, 2.24) is 5.32 Å². The molecule has 0 aromatic heterocycles. The second-order valence-corrected chi connectivity index (χ2v) is 4.99. The van der Waals surface area contributed by atoms with Crippen molar-refractivity contribution in [2.24, 2.45) is 11.8 Å². The minimum Gasteiger partial charge on any atom is -0.381 e. The van der Waals surface area contributed by atoms with Gasteiger partial charge in [-0.1, -0.05) is 6.07 Å². The summed E-state index contributed by atoms with van der Waals surface area (Å²) in [6.07, 6.45) is 2.18. The number of benzene rings is 1. The molecule has 1 saturated heterocycles. The Balaban J connectivity index is 1.95. The summed E-state index contributed by atoms with van der Waals surface area (Å²) < 4.78 is 5.40. The third-order valence-electron chi connectivity index (χ3n) is 3.38. The van der Waals surface area contributed by atoms with Crippen LogP contribution in [0, 0.1) is 12.8 Å². The number of hydrogen-bond acceptors (Lipinski definition) is 4. The zero-order chi connectivity index (χ0) is 13.7. The van der Waals surface area contributed by atoms with E-state index in [1.54, 1.807) is 6.07 Å². The normalized spacial score (nSPS) is 18.9. The van der Waals surface area contributed by atoms with Crippen molar-refractivity contribution >= 4 is 11.6 Å². The number of anilines is 1. The summed E-state index contributed by atoms with van der Waals surface area (Å²) in [5.41, 5.74) is 4.85. The average molecular weight is 263 g/mol. The molecule has 1 aliphatic rings. The number of aryl methyl sites for hydroxylation is 1. The highest BCUT2D eigenvalue weighted by atomic mass is 16.5. The third kappa shape index (κ3) is 3.68. The fourth-order valence-electron chi connectivity index (χ4n) is 2.28. The molecule has 4 N–H and O–H groups in total. The Morgan fingerprint density at radius 2 is 2.37 bits per heavy atom. The van der Waals surface area contributed by atoms with E-state index in [1.807, 2.05) is 19.1 Å². The molecule has 1 unspecified atom stereocenters. The van der Waals surface area contributed by atoms with Gasteiger partial charge in [-0.05, 0) is 43.4 Å². The SMILES string of the molecule is Cc1ccc(C(=O)NCC2CCCOC2)c(NN)c1. The molecule has 19 heavy (non-hydrogen) atoms. The maximum atomic E-state index is 12.1. The van der Waals surface area contributed by atoms with Gasteiger partial charge < -0.3 is 15.5 Å². The summed E-state index contributed by atoms with van der Waals surface area (Å²) in [5, 5.41) is 2.95. The lowest BCUT2D eigenvalue weighted by Gasteiger charge is -2.22. The number of ether oxygens (including phenoxy) is 1. The first kappa shape index (κ1) is 13.8. The van der Waals surface area contributed by atoms with Crippen LogP contribution in [0.2, 0.25) is 0 Å². The van der Waals surface area contributed by atoms with Crippen molar-refractivity contribution in [2.75, 3.05) is 25.2 Å². The Bertz CT molecular complexity index is 442. The predicted molar refractivity (Wildman–Crippen MR) is 74.9 cm³/mol. The number of hydrogen-bond donors (Lipinski definition) is 3. The van der Waals surface area contributed by atoms with Crippen molar-refractivity contribution in [1.29, 1.82) is 0 Å². The second kappa shape index (κ2) is 6.54. The molecule has 1 amide bonds. The highest BCUT2D eigenvalue weighted by Gasteiger charge is 2.16. The van der Waals surface area contributed by atoms with Crippen LogP contribution in [0.1, 0.15) is 28.8 Å². The molecule has 1 aromatic carbocycles. The molecule has 1 aromatic rings. The highest BCUT2D eigenvalue weighted by molar-refractivity contribution is 5.99. The largest absolute Gasteiger partial charge is 0.381 e. The molecule has 0 aliphatic carbocycles. The second-order valence-electron chi connectivity index (χ2n) is 4.99. The zero-order valence-corrected chi connectivity index (χ0v) is 11.2. The molecular formula is C14H21N3O2. The standard InChI is InChI=1S/C14H21N3O2/c1-10-4-5-12(13(7-10)17-15)14(18)16-8-11-3-2-6-19-9-11/h4-5,7,11,17H,2-3,6,8-9,15H2,1H3,(H,16,18). The summed E-state index contributed by atoms with van der Waals surface area (Å²) in [6.45, 7) is 4.18. The Morgan fingerprint density at radius 1 is 1.53 bits per heavy atom. The molecule has 5 heteroatoms. The number of nitrogens with one attached hydrogen (secondary N) is 2. The molecule has 5 nitrogen and oxygen atoms in total. The molecule has 1 atom stereocenters. The molecular weight excluding hydrogens is 242 g/mol. The van der Waals surface area contributed by atoms with Crippen LogP contribution in [-0.4, -0.2) is 25.7 Å². The fraction of sp³-hybridized carbons (Fsp3) is 0.500. The maximum absolute atomic E-state index is 12.1. The Kier molecular flexibility index (Phi) is 4.76. The molecule has 0 spiro atoms. The van der Waals surface area contributed by atoms with Crippen molar-refractivity contribution < 1.29 is 9.53 Å². The molecule has 0 radical (unpaired) electrons. The van der Waals surface area contributed by atoms with Gasteiger partial charge in [0.1, 0.15) is 0 Å². The number of rotatable bonds is 4. The van der Waals surface area contributed by atoms with Crippen molar-refractivity contribution in [3.05, 3.63) is 29.3 Å². The van der Waals surface area contributed by atoms with Gasteiger partial charge in [-0.15, -0.1) is 0 Å². The van der Waals surface area contributed by atoms with Crippen LogP contribution in [0.3, 0.4) is 0 Å². The number of carbonyl (C=O) groups is 1. The fourth-order valence-corrected chi connectivity index (χ4v) is 2.28. The molecule has 104 valence electrons. The van der Waals surface area contributed by atoms with Gasteiger partial charge in [-0.2, -0.15) is 0 Å². The minimum absolute atomic E-state index is 0.0986. The highest BCUT2D eigenvalue weighted by Crippen LogP contribution is 2.17. The van der Waals surface area contributed by atoms with Crippen LogP contribution in [0.15, 0.2) is 18.2 Å². The Labute approximate surface area is 113 Å². The van der Waals surface area contributed by atoms with E-state index in [0.717, 1.165) is 31.6 Å². The van der Waals surface area contributed by atoms with E-state index >= 15 is 0 Å². The Morgan fingerprint density at radius 3 is 3.05 bits per heavy atom. The van der Waals surface area contributed by atoms with Crippen LogP contribution >= 0.6 is 0 Å². The molecule has 0 bridgehead atoms. The van der Waals surface area contributed by atoms with Crippen molar-refractivity contribution in [3.8, 4) is 0 Å². The minimum atomic E-state index is -0.0986. The first-order valence-electron chi connectivity index (χ1n) is 6.64. The number of nitrogen functional groups attached to an aromatic ring is 1. The summed E-state index contributed by atoms with van der Waals surface area (Å²) in [4.78, 5) is 12.1. The number of carbonyl (C=O) groups excluding carboxylic acids is 1. The maximum Gasteiger partial charge on any atom is 0.253 e. The lowest BCUT2D eigenvalue weighted by molar-refractivity contribution is 0.0536. The first-order valence-corrected chi connectivity index (χ1v) is 6.64. The van der Waals surface area contributed by atoms with Crippen molar-refractivity contribution in [3.63, 3.8) is 0 Å². The molecule has 0 saturated carbocycles. The van der Waals surface area contributed by atoms with Crippen LogP contribution in [0.25, 0.3) is 0 Å². The summed E-state index contributed by atoms with van der Waals surface area (Å²) in [7, 11) is 0. The number of hydrazine groups is 1. The van der Waals surface area contributed by atoms with E-state index in [9.17, 15) is 4.79 Å². The molecule has 1 aliphatic heterocycles. The van der Waals surface area contributed by atoms with Crippen molar-refractivity contribution in [2.45, 2.75) is 19.8 Å². The van der Waals surface area contributed by atoms with Crippen LogP contribution in [-0.2, 0) is 4.74 Å². The molecule has 1 heterocycles. The number of amides is 1. The summed E-state index contributed by atoms with van der Waals surface area (Å²) >= 11 is 0. The smallest absolute Gasteiger partial charge is 0.253 e. The van der Waals surface area contributed by atoms with Gasteiger partial charge in [-0.25, -0.2) is 0 Å². The van der Waals surface area contributed by atoms with Gasteiger partial charge >= 0.3 is 0 Å². The van der Waals surface area contributed by atoms with Gasteiger partial charge in [0.05, 0.1) is 17.9 Å². The average Bonchev–Trinajstić information content (AvgIpc) is 2.45. The van der Waals surface area contributed by atoms with Crippen LogP contribution < -0.4 is 16.6 Å². The van der Waals surface area contributed by atoms with Crippen LogP contribution in [0.4, 0.5) is 5.69 Å². The lowest BCUT2D eigenvalue weighted by atomic mass is 10.0. The monoisotopic (exact) mass is 263 g/mol. The predicted octanol–water partition coefficient (Wildman–Crippen LogP) is 1.44. The van der Waals surface area contributed by atoms with Gasteiger partial charge in [0.25, 0.3) is 5.91 Å². The van der Waals surface area contributed by atoms with E-state index in [0.29, 0.717) is 23.7 Å². The third-order valence-corrected chi connectivity index (χ3v) is 3.38. The lowest BCUT2D eigenvalue weighted by Crippen LogP contribution is -2.33. The summed E-state index contributed by atoms with van der Waals surface area (Å²) in [5.74, 6) is 5.76. The zero-order valence-electron chi connectivity index (χ0n) is 11.2. The van der Waals surface area contributed by atoms with E-state index in [4.69, 9.17) is 10.6 Å². The topological polar surface area (TPSA) is 76.4 Å². The van der Waals surface area contributed by atoms with Crippen LogP contribution in [0.5, 0.6) is 0 Å². The van der Waals surface area contributed by atoms with E-state index < -0.39 is 0 Å². The van der Waals surface area contributed by atoms with E-state index in [1.165, 1.54) is 0 Å². The quantitative estimate of drug-likeness (QED) is 0.567. The van der Waals surface area contributed by atoms with Gasteiger partial charge in [-0.3, -0.25) is 10.6 Å².